The molecule has 0 unspecified atom stereocenters. The highest BCUT2D eigenvalue weighted by atomic mass is 35.5. The van der Waals surface area contributed by atoms with Gasteiger partial charge in [-0.15, -0.1) is 0 Å². The first-order valence-electron chi connectivity index (χ1n) is 8.90. The molecule has 0 saturated carbocycles. The van der Waals surface area contributed by atoms with Crippen LogP contribution in [-0.2, 0) is 12.8 Å². The lowest BCUT2D eigenvalue weighted by atomic mass is 10.1. The summed E-state index contributed by atoms with van der Waals surface area (Å²) in [5.74, 6) is -0.112. The molecule has 0 aromatic heterocycles. The summed E-state index contributed by atoms with van der Waals surface area (Å²) in [5, 5.41) is 4.70. The first-order valence-corrected chi connectivity index (χ1v) is 9.65. The van der Waals surface area contributed by atoms with Gasteiger partial charge in [0.15, 0.2) is 0 Å². The summed E-state index contributed by atoms with van der Waals surface area (Å²) >= 11 is 12.0. The largest absolute Gasteiger partial charge is 0.489 e. The molecule has 0 atom stereocenters. The summed E-state index contributed by atoms with van der Waals surface area (Å²) in [6, 6.07) is 16.0. The van der Waals surface area contributed by atoms with Crippen LogP contribution in [0.5, 0.6) is 5.75 Å². The van der Waals surface area contributed by atoms with E-state index >= 15 is 0 Å². The second-order valence-electron chi connectivity index (χ2n) is 6.37. The average Bonchev–Trinajstić information content (AvgIpc) is 2.73. The molecule has 1 amide bonds. The van der Waals surface area contributed by atoms with Crippen LogP contribution in [0, 0.1) is 0 Å². The molecule has 0 fully saturated rings. The van der Waals surface area contributed by atoms with Crippen molar-refractivity contribution < 1.29 is 22.7 Å². The van der Waals surface area contributed by atoms with Crippen LogP contribution >= 0.6 is 23.2 Å². The van der Waals surface area contributed by atoms with E-state index in [2.05, 4.69) is 10.5 Å². The number of hydrogen-bond donors (Lipinski definition) is 1. The predicted molar refractivity (Wildman–Crippen MR) is 114 cm³/mol. The fourth-order valence-electron chi connectivity index (χ4n) is 2.55. The van der Waals surface area contributed by atoms with Crippen LogP contribution in [0.1, 0.15) is 27.0 Å². The van der Waals surface area contributed by atoms with E-state index in [-0.39, 0.29) is 17.7 Å². The molecule has 3 aromatic carbocycles. The Kier molecular flexibility index (Phi) is 7.20. The molecule has 0 saturated heterocycles. The van der Waals surface area contributed by atoms with Crippen molar-refractivity contribution in [2.75, 3.05) is 0 Å². The Morgan fingerprint density at radius 1 is 1.03 bits per heavy atom. The van der Waals surface area contributed by atoms with Gasteiger partial charge in [0.05, 0.1) is 11.8 Å². The molecule has 3 aromatic rings. The third-order valence-electron chi connectivity index (χ3n) is 4.10. The van der Waals surface area contributed by atoms with Crippen molar-refractivity contribution in [2.24, 2.45) is 5.10 Å². The predicted octanol–water partition coefficient (Wildman–Crippen LogP) is 6.36. The van der Waals surface area contributed by atoms with Crippen molar-refractivity contribution in [1.29, 1.82) is 0 Å². The van der Waals surface area contributed by atoms with E-state index in [1.807, 2.05) is 0 Å². The number of nitrogens with zero attached hydrogens (tertiary/aromatic N) is 1. The molecule has 0 heterocycles. The molecule has 4 nitrogen and oxygen atoms in total. The molecule has 0 radical (unpaired) electrons. The number of halogens is 5. The minimum absolute atomic E-state index is 0.175. The molecule has 160 valence electrons. The zero-order valence-electron chi connectivity index (χ0n) is 15.8. The highest BCUT2D eigenvalue weighted by molar-refractivity contribution is 6.35. The first-order chi connectivity index (χ1) is 14.7. The van der Waals surface area contributed by atoms with Crippen LogP contribution < -0.4 is 10.2 Å². The lowest BCUT2D eigenvalue weighted by Crippen LogP contribution is -2.17. The van der Waals surface area contributed by atoms with Crippen molar-refractivity contribution in [3.8, 4) is 5.75 Å². The van der Waals surface area contributed by atoms with E-state index in [0.717, 1.165) is 23.9 Å². The maximum Gasteiger partial charge on any atom is 0.416 e. The number of carbonyl (C=O) groups excluding carboxylic acids is 1. The fourth-order valence-corrected chi connectivity index (χ4v) is 3.02. The maximum atomic E-state index is 12.7. The molecule has 0 spiro atoms. The Morgan fingerprint density at radius 3 is 2.55 bits per heavy atom. The highest BCUT2D eigenvalue weighted by Gasteiger charge is 2.30. The van der Waals surface area contributed by atoms with Gasteiger partial charge in [-0.05, 0) is 48.0 Å². The number of nitrogens with one attached hydrogen (secondary N) is 1. The van der Waals surface area contributed by atoms with Crippen molar-refractivity contribution in [1.82, 2.24) is 5.43 Å². The molecule has 31 heavy (non-hydrogen) atoms. The van der Waals surface area contributed by atoms with Crippen LogP contribution in [0.15, 0.2) is 71.8 Å². The molecule has 9 heteroatoms. The number of hydrazone groups is 1. The average molecular weight is 467 g/mol. The van der Waals surface area contributed by atoms with E-state index in [1.165, 1.54) is 18.2 Å². The summed E-state index contributed by atoms with van der Waals surface area (Å²) in [5.41, 5.74) is 2.68. The van der Waals surface area contributed by atoms with Crippen molar-refractivity contribution in [3.05, 3.63) is 99.0 Å². The fraction of sp³-hybridized carbons (Fsp3) is 0.0909. The second kappa shape index (κ2) is 9.85. The Morgan fingerprint density at radius 2 is 1.81 bits per heavy atom. The third kappa shape index (κ3) is 6.47. The van der Waals surface area contributed by atoms with E-state index in [9.17, 15) is 18.0 Å². The summed E-state index contributed by atoms with van der Waals surface area (Å²) in [7, 11) is 0. The monoisotopic (exact) mass is 466 g/mol. The molecule has 0 bridgehead atoms. The maximum absolute atomic E-state index is 12.7. The van der Waals surface area contributed by atoms with Crippen molar-refractivity contribution in [3.63, 3.8) is 0 Å². The number of amides is 1. The highest BCUT2D eigenvalue weighted by Crippen LogP contribution is 2.29. The first kappa shape index (κ1) is 22.7. The summed E-state index contributed by atoms with van der Waals surface area (Å²) in [4.78, 5) is 12.3. The number of ether oxygens (including phenoxy) is 1. The van der Waals surface area contributed by atoms with Gasteiger partial charge in [0, 0.05) is 21.2 Å². The van der Waals surface area contributed by atoms with Gasteiger partial charge in [-0.1, -0.05) is 47.5 Å². The third-order valence-corrected chi connectivity index (χ3v) is 4.69. The molecular formula is C22H15Cl2F3N2O2. The number of alkyl halides is 3. The van der Waals surface area contributed by atoms with Crippen LogP contribution in [0.2, 0.25) is 10.0 Å². The molecular weight excluding hydrogens is 452 g/mol. The number of benzene rings is 3. The van der Waals surface area contributed by atoms with E-state index in [4.69, 9.17) is 27.9 Å². The minimum Gasteiger partial charge on any atom is -0.489 e. The van der Waals surface area contributed by atoms with Gasteiger partial charge < -0.3 is 4.74 Å². The number of carbonyl (C=O) groups is 1. The van der Waals surface area contributed by atoms with Gasteiger partial charge in [0.25, 0.3) is 5.91 Å². The Balaban J connectivity index is 1.61. The van der Waals surface area contributed by atoms with E-state index in [0.29, 0.717) is 15.8 Å². The zero-order valence-corrected chi connectivity index (χ0v) is 17.3. The smallest absolute Gasteiger partial charge is 0.416 e. The number of hydrogen-bond acceptors (Lipinski definition) is 3. The summed E-state index contributed by atoms with van der Waals surface area (Å²) in [6.45, 7) is 0.175. The molecule has 3 rings (SSSR count). The van der Waals surface area contributed by atoms with Crippen LogP contribution in [0.4, 0.5) is 13.2 Å². The lowest BCUT2D eigenvalue weighted by Gasteiger charge is -2.09. The SMILES string of the molecule is O=C(N/N=C/c1cccc(C(F)(F)F)c1)c1cccc(OCc2ccc(Cl)cc2Cl)c1. The molecule has 0 aliphatic carbocycles. The second-order valence-corrected chi connectivity index (χ2v) is 7.22. The topological polar surface area (TPSA) is 50.7 Å². The van der Waals surface area contributed by atoms with Gasteiger partial charge in [0.1, 0.15) is 12.4 Å². The van der Waals surface area contributed by atoms with Crippen molar-refractivity contribution in [2.45, 2.75) is 12.8 Å². The van der Waals surface area contributed by atoms with Gasteiger partial charge in [-0.3, -0.25) is 4.79 Å². The summed E-state index contributed by atoms with van der Waals surface area (Å²) < 4.78 is 43.9. The van der Waals surface area contributed by atoms with Crippen LogP contribution in [0.25, 0.3) is 0 Å². The van der Waals surface area contributed by atoms with E-state index < -0.39 is 17.6 Å². The molecule has 1 N–H and O–H groups in total. The summed E-state index contributed by atoms with van der Waals surface area (Å²) in [6.07, 6.45) is -3.32. The standard InChI is InChI=1S/C22H15Cl2F3N2O2/c23-18-8-7-16(20(24)11-18)13-31-19-6-2-4-15(10-19)21(30)29-28-12-14-3-1-5-17(9-14)22(25,26)27/h1-12H,13H2,(H,29,30)/b28-12+. The molecule has 0 aliphatic rings. The molecule has 0 aliphatic heterocycles. The van der Waals surface area contributed by atoms with Gasteiger partial charge in [0.2, 0.25) is 0 Å². The Bertz CT molecular complexity index is 1120. The van der Waals surface area contributed by atoms with Crippen LogP contribution in [-0.4, -0.2) is 12.1 Å². The lowest BCUT2D eigenvalue weighted by molar-refractivity contribution is -0.137. The van der Waals surface area contributed by atoms with Gasteiger partial charge >= 0.3 is 6.18 Å². The van der Waals surface area contributed by atoms with Crippen molar-refractivity contribution >= 4 is 35.3 Å². The van der Waals surface area contributed by atoms with Gasteiger partial charge in [-0.2, -0.15) is 18.3 Å². The Labute approximate surface area is 186 Å². The quantitative estimate of drug-likeness (QED) is 0.339. The van der Waals surface area contributed by atoms with Crippen LogP contribution in [0.3, 0.4) is 0 Å². The van der Waals surface area contributed by atoms with E-state index in [1.54, 1.807) is 36.4 Å². The zero-order chi connectivity index (χ0) is 22.4. The normalized spacial score (nSPS) is 11.5. The minimum atomic E-state index is -4.45. The number of rotatable bonds is 6. The van der Waals surface area contributed by atoms with Gasteiger partial charge in [-0.25, -0.2) is 5.43 Å². The Hall–Kier alpha value is -3.03.